The number of hydrogen-bond donors (Lipinski definition) is 1. The molecule has 0 saturated carbocycles. The van der Waals surface area contributed by atoms with E-state index < -0.39 is 0 Å². The highest BCUT2D eigenvalue weighted by Gasteiger charge is 2.01. The predicted molar refractivity (Wildman–Crippen MR) is 55.6 cm³/mol. The van der Waals surface area contributed by atoms with Gasteiger partial charge in [-0.1, -0.05) is 11.3 Å². The summed E-state index contributed by atoms with van der Waals surface area (Å²) in [6.45, 7) is 1.96. The largest absolute Gasteiger partial charge is 0.385 e. The van der Waals surface area contributed by atoms with Crippen LogP contribution in [0.15, 0.2) is 0 Å². The lowest BCUT2D eigenvalue weighted by Crippen LogP contribution is -1.98. The topological polar surface area (TPSA) is 56.3 Å². The molecule has 1 aromatic rings. The first-order valence-electron chi connectivity index (χ1n) is 4.43. The molecule has 0 aromatic carbocycles. The van der Waals surface area contributed by atoms with Gasteiger partial charge in [-0.05, 0) is 6.42 Å². The second-order valence-electron chi connectivity index (χ2n) is 2.65. The monoisotopic (exact) mass is 217 g/mol. The molecule has 0 amide bonds. The van der Waals surface area contributed by atoms with Crippen LogP contribution >= 0.6 is 11.3 Å². The molecule has 1 heterocycles. The number of ether oxygens (including phenoxy) is 2. The first-order valence-corrected chi connectivity index (χ1v) is 5.25. The third-order valence-corrected chi connectivity index (χ3v) is 2.46. The van der Waals surface area contributed by atoms with Crippen molar-refractivity contribution in [3.8, 4) is 0 Å². The van der Waals surface area contributed by atoms with Crippen molar-refractivity contribution in [2.75, 3.05) is 32.7 Å². The van der Waals surface area contributed by atoms with Gasteiger partial charge in [-0.15, -0.1) is 10.2 Å². The summed E-state index contributed by atoms with van der Waals surface area (Å²) < 4.78 is 10.3. The van der Waals surface area contributed by atoms with Crippen LogP contribution in [0, 0.1) is 0 Å². The first kappa shape index (κ1) is 11.4. The van der Waals surface area contributed by atoms with Crippen LogP contribution in [0.2, 0.25) is 0 Å². The Balaban J connectivity index is 2.12. The lowest BCUT2D eigenvalue weighted by atomic mass is 10.5. The molecule has 0 aliphatic carbocycles. The summed E-state index contributed by atoms with van der Waals surface area (Å²) in [5.74, 6) is 0. The number of rotatable bonds is 7. The molecule has 0 aliphatic rings. The fourth-order valence-corrected chi connectivity index (χ4v) is 1.51. The van der Waals surface area contributed by atoms with Crippen LogP contribution in [0.4, 0.5) is 5.13 Å². The van der Waals surface area contributed by atoms with Crippen LogP contribution < -0.4 is 5.32 Å². The summed E-state index contributed by atoms with van der Waals surface area (Å²) in [6.07, 6.45) is 0.911. The fraction of sp³-hybridized carbons (Fsp3) is 0.750. The third-order valence-electron chi connectivity index (χ3n) is 1.54. The second-order valence-corrected chi connectivity index (χ2v) is 3.71. The van der Waals surface area contributed by atoms with Crippen molar-refractivity contribution >= 4 is 16.5 Å². The molecule has 0 bridgehead atoms. The molecule has 1 N–H and O–H groups in total. The van der Waals surface area contributed by atoms with Gasteiger partial charge in [-0.25, -0.2) is 0 Å². The van der Waals surface area contributed by atoms with Gasteiger partial charge in [0.25, 0.3) is 0 Å². The Hall–Kier alpha value is -0.720. The van der Waals surface area contributed by atoms with Gasteiger partial charge in [0.1, 0.15) is 11.6 Å². The Morgan fingerprint density at radius 1 is 1.36 bits per heavy atom. The lowest BCUT2D eigenvalue weighted by Gasteiger charge is -1.99. The lowest BCUT2D eigenvalue weighted by molar-refractivity contribution is 0.0924. The van der Waals surface area contributed by atoms with Crippen LogP contribution in [0.25, 0.3) is 0 Å². The number of nitrogens with zero attached hydrogens (tertiary/aromatic N) is 2. The molecule has 0 spiro atoms. The molecule has 0 fully saturated rings. The zero-order valence-electron chi connectivity index (χ0n) is 8.45. The Morgan fingerprint density at radius 3 is 2.86 bits per heavy atom. The standard InChI is InChI=1S/C8H15N3O2S/c1-9-8-11-10-7(14-8)6-13-5-3-4-12-2/h3-6H2,1-2H3,(H,9,11). The van der Waals surface area contributed by atoms with Gasteiger partial charge in [0.15, 0.2) is 0 Å². The van der Waals surface area contributed by atoms with E-state index in [0.717, 1.165) is 23.2 Å². The molecule has 0 aliphatic heterocycles. The van der Waals surface area contributed by atoms with Crippen LogP contribution in [0.5, 0.6) is 0 Å². The quantitative estimate of drug-likeness (QED) is 0.694. The number of anilines is 1. The predicted octanol–water partition coefficient (Wildman–Crippen LogP) is 1.13. The minimum absolute atomic E-state index is 0.531. The maximum Gasteiger partial charge on any atom is 0.205 e. The van der Waals surface area contributed by atoms with Crippen LogP contribution in [-0.4, -0.2) is 37.6 Å². The molecule has 0 unspecified atom stereocenters. The van der Waals surface area contributed by atoms with E-state index in [-0.39, 0.29) is 0 Å². The number of hydrogen-bond acceptors (Lipinski definition) is 6. The fourth-order valence-electron chi connectivity index (χ4n) is 0.878. The van der Waals surface area contributed by atoms with E-state index >= 15 is 0 Å². The van der Waals surface area contributed by atoms with E-state index in [0.29, 0.717) is 13.2 Å². The molecule has 1 rings (SSSR count). The molecule has 0 atom stereocenters. The Bertz CT molecular complexity index is 254. The first-order chi connectivity index (χ1) is 6.86. The van der Waals surface area contributed by atoms with Crippen molar-refractivity contribution in [2.45, 2.75) is 13.0 Å². The van der Waals surface area contributed by atoms with Gasteiger partial charge >= 0.3 is 0 Å². The maximum absolute atomic E-state index is 5.38. The van der Waals surface area contributed by atoms with Gasteiger partial charge in [0, 0.05) is 27.4 Å². The van der Waals surface area contributed by atoms with Crippen LogP contribution in [-0.2, 0) is 16.1 Å². The van der Waals surface area contributed by atoms with Gasteiger partial charge in [0.05, 0.1) is 0 Å². The molecular weight excluding hydrogens is 202 g/mol. The van der Waals surface area contributed by atoms with Crippen molar-refractivity contribution < 1.29 is 9.47 Å². The molecular formula is C8H15N3O2S. The van der Waals surface area contributed by atoms with E-state index in [2.05, 4.69) is 15.5 Å². The Morgan fingerprint density at radius 2 is 2.21 bits per heavy atom. The molecule has 5 nitrogen and oxygen atoms in total. The summed E-state index contributed by atoms with van der Waals surface area (Å²) in [6, 6.07) is 0. The summed E-state index contributed by atoms with van der Waals surface area (Å²) >= 11 is 1.51. The van der Waals surface area contributed by atoms with Gasteiger partial charge in [-0.2, -0.15) is 0 Å². The van der Waals surface area contributed by atoms with Crippen LogP contribution in [0.3, 0.4) is 0 Å². The SMILES string of the molecule is CNc1nnc(COCCCOC)s1. The van der Waals surface area contributed by atoms with Crippen molar-refractivity contribution in [3.63, 3.8) is 0 Å². The Kier molecular flexibility index (Phi) is 5.43. The minimum atomic E-state index is 0.531. The molecule has 6 heteroatoms. The van der Waals surface area contributed by atoms with E-state index in [1.54, 1.807) is 7.11 Å². The number of nitrogens with one attached hydrogen (secondary N) is 1. The smallest absolute Gasteiger partial charge is 0.205 e. The van der Waals surface area contributed by atoms with E-state index in [9.17, 15) is 0 Å². The van der Waals surface area contributed by atoms with E-state index in [1.165, 1.54) is 11.3 Å². The zero-order valence-corrected chi connectivity index (χ0v) is 9.26. The third kappa shape index (κ3) is 3.99. The van der Waals surface area contributed by atoms with Crippen LogP contribution in [0.1, 0.15) is 11.4 Å². The van der Waals surface area contributed by atoms with Crippen molar-refractivity contribution in [3.05, 3.63) is 5.01 Å². The van der Waals surface area contributed by atoms with Gasteiger partial charge in [0.2, 0.25) is 5.13 Å². The van der Waals surface area contributed by atoms with Gasteiger partial charge < -0.3 is 14.8 Å². The van der Waals surface area contributed by atoms with Crippen molar-refractivity contribution in [2.24, 2.45) is 0 Å². The molecule has 14 heavy (non-hydrogen) atoms. The van der Waals surface area contributed by atoms with E-state index in [4.69, 9.17) is 9.47 Å². The minimum Gasteiger partial charge on any atom is -0.385 e. The maximum atomic E-state index is 5.38. The summed E-state index contributed by atoms with van der Waals surface area (Å²) in [5, 5.41) is 12.5. The highest BCUT2D eigenvalue weighted by atomic mass is 32.1. The van der Waals surface area contributed by atoms with Crippen molar-refractivity contribution in [1.82, 2.24) is 10.2 Å². The highest BCUT2D eigenvalue weighted by Crippen LogP contribution is 2.14. The molecule has 0 radical (unpaired) electrons. The molecule has 80 valence electrons. The Labute approximate surface area is 87.4 Å². The van der Waals surface area contributed by atoms with E-state index in [1.807, 2.05) is 7.05 Å². The average Bonchev–Trinajstić information content (AvgIpc) is 2.65. The summed E-state index contributed by atoms with van der Waals surface area (Å²) in [7, 11) is 3.51. The summed E-state index contributed by atoms with van der Waals surface area (Å²) in [5.41, 5.74) is 0. The molecule has 1 aromatic heterocycles. The normalized spacial score (nSPS) is 10.4. The number of methoxy groups -OCH3 is 1. The summed E-state index contributed by atoms with van der Waals surface area (Å²) in [4.78, 5) is 0. The number of aromatic nitrogens is 2. The molecule has 0 saturated heterocycles. The average molecular weight is 217 g/mol. The van der Waals surface area contributed by atoms with Crippen molar-refractivity contribution in [1.29, 1.82) is 0 Å². The second kappa shape index (κ2) is 6.69. The zero-order chi connectivity index (χ0) is 10.2. The van der Waals surface area contributed by atoms with Gasteiger partial charge in [-0.3, -0.25) is 0 Å². The highest BCUT2D eigenvalue weighted by molar-refractivity contribution is 7.15.